The van der Waals surface area contributed by atoms with Crippen LogP contribution in [0.25, 0.3) is 0 Å². The molecule has 0 saturated heterocycles. The summed E-state index contributed by atoms with van der Waals surface area (Å²) in [5, 5.41) is 14.2. The lowest BCUT2D eigenvalue weighted by Gasteiger charge is -2.15. The summed E-state index contributed by atoms with van der Waals surface area (Å²) in [6.07, 6.45) is 0.172. The molecule has 0 fully saturated rings. The van der Waals surface area contributed by atoms with E-state index in [-0.39, 0.29) is 13.0 Å². The first-order chi connectivity index (χ1) is 9.43. The highest BCUT2D eigenvalue weighted by Crippen LogP contribution is 2.25. The van der Waals surface area contributed by atoms with Crippen LogP contribution in [0.4, 0.5) is 10.5 Å². The molecule has 0 aromatic heterocycles. The minimum atomic E-state index is -1.13. The molecule has 20 heavy (non-hydrogen) atoms. The number of hydrogen-bond acceptors (Lipinski definition) is 3. The molecule has 0 saturated carbocycles. The molecule has 3 N–H and O–H groups in total. The van der Waals surface area contributed by atoms with E-state index in [0.717, 1.165) is 4.47 Å². The number of carbonyl (C=O) groups is 2. The number of ether oxygens (including phenoxy) is 1. The van der Waals surface area contributed by atoms with Crippen molar-refractivity contribution < 1.29 is 19.4 Å². The number of nitrogens with one attached hydrogen (secondary N) is 2. The summed E-state index contributed by atoms with van der Waals surface area (Å²) in [5.41, 5.74) is 0.384. The Hall–Kier alpha value is -1.31. The number of carboxylic acid groups (broad SMARTS) is 1. The van der Waals surface area contributed by atoms with Gasteiger partial charge in [0.25, 0.3) is 0 Å². The van der Waals surface area contributed by atoms with Gasteiger partial charge in [-0.25, -0.2) is 9.59 Å². The van der Waals surface area contributed by atoms with Crippen LogP contribution < -0.4 is 10.6 Å². The van der Waals surface area contributed by atoms with Gasteiger partial charge in [-0.15, -0.1) is 0 Å². The van der Waals surface area contributed by atoms with Crippen molar-refractivity contribution in [3.05, 3.63) is 27.7 Å². The van der Waals surface area contributed by atoms with E-state index in [9.17, 15) is 9.59 Å². The van der Waals surface area contributed by atoms with E-state index in [1.54, 1.807) is 18.2 Å². The Morgan fingerprint density at radius 3 is 2.80 bits per heavy atom. The molecule has 8 heteroatoms. The van der Waals surface area contributed by atoms with Crippen LogP contribution in [0, 0.1) is 0 Å². The highest BCUT2D eigenvalue weighted by Gasteiger charge is 2.19. The molecule has 6 nitrogen and oxygen atoms in total. The molecule has 0 aliphatic rings. The Balaban J connectivity index is 2.65. The number of halogens is 2. The molecule has 2 amide bonds. The molecule has 1 aromatic carbocycles. The summed E-state index contributed by atoms with van der Waals surface area (Å²) >= 11 is 9.18. The number of methoxy groups -OCH3 is 1. The predicted octanol–water partition coefficient (Wildman–Crippen LogP) is 2.71. The van der Waals surface area contributed by atoms with Crippen molar-refractivity contribution in [2.45, 2.75) is 12.5 Å². The van der Waals surface area contributed by atoms with Gasteiger partial charge in [0, 0.05) is 24.6 Å². The van der Waals surface area contributed by atoms with E-state index in [4.69, 9.17) is 21.4 Å². The maximum atomic E-state index is 11.8. The Labute approximate surface area is 129 Å². The summed E-state index contributed by atoms with van der Waals surface area (Å²) in [4.78, 5) is 22.7. The molecule has 1 atom stereocenters. The second kappa shape index (κ2) is 8.08. The molecular formula is C12H14BrClN2O4. The van der Waals surface area contributed by atoms with Crippen molar-refractivity contribution in [3.63, 3.8) is 0 Å². The molecule has 1 rings (SSSR count). The second-order valence-corrected chi connectivity index (χ2v) is 5.22. The molecule has 0 aliphatic heterocycles. The van der Waals surface area contributed by atoms with Crippen molar-refractivity contribution in [1.82, 2.24) is 5.32 Å². The first kappa shape index (κ1) is 16.7. The highest BCUT2D eigenvalue weighted by molar-refractivity contribution is 9.10. The van der Waals surface area contributed by atoms with Crippen LogP contribution in [0.3, 0.4) is 0 Å². The fourth-order valence-corrected chi connectivity index (χ4v) is 1.93. The topological polar surface area (TPSA) is 87.7 Å². The van der Waals surface area contributed by atoms with E-state index in [1.165, 1.54) is 7.11 Å². The van der Waals surface area contributed by atoms with Gasteiger partial charge in [-0.2, -0.15) is 0 Å². The third kappa shape index (κ3) is 5.36. The van der Waals surface area contributed by atoms with E-state index >= 15 is 0 Å². The number of carbonyl (C=O) groups excluding carboxylic acids is 1. The Morgan fingerprint density at radius 2 is 2.20 bits per heavy atom. The number of hydrogen-bond donors (Lipinski definition) is 3. The third-order valence-electron chi connectivity index (χ3n) is 2.39. The maximum Gasteiger partial charge on any atom is 0.326 e. The number of rotatable bonds is 6. The van der Waals surface area contributed by atoms with Gasteiger partial charge in [-0.1, -0.05) is 27.5 Å². The highest BCUT2D eigenvalue weighted by atomic mass is 79.9. The van der Waals surface area contributed by atoms with Gasteiger partial charge in [-0.3, -0.25) is 0 Å². The summed E-state index contributed by atoms with van der Waals surface area (Å²) < 4.78 is 5.54. The van der Waals surface area contributed by atoms with Gasteiger partial charge in [0.05, 0.1) is 10.7 Å². The Kier molecular flexibility index (Phi) is 6.77. The minimum Gasteiger partial charge on any atom is -0.480 e. The zero-order valence-corrected chi connectivity index (χ0v) is 13.0. The molecule has 1 unspecified atom stereocenters. The van der Waals surface area contributed by atoms with Crippen molar-refractivity contribution in [3.8, 4) is 0 Å². The quantitative estimate of drug-likeness (QED) is 0.723. The van der Waals surface area contributed by atoms with Crippen LogP contribution in [0.5, 0.6) is 0 Å². The van der Waals surface area contributed by atoms with Gasteiger partial charge < -0.3 is 20.5 Å². The van der Waals surface area contributed by atoms with Crippen molar-refractivity contribution >= 4 is 45.2 Å². The van der Waals surface area contributed by atoms with Crippen LogP contribution in [-0.4, -0.2) is 36.9 Å². The van der Waals surface area contributed by atoms with Crippen molar-refractivity contribution in [1.29, 1.82) is 0 Å². The van der Waals surface area contributed by atoms with Crippen LogP contribution in [0.1, 0.15) is 6.42 Å². The SMILES string of the molecule is COCCC(NC(=O)Nc1cc(Br)ccc1Cl)C(=O)O. The fourth-order valence-electron chi connectivity index (χ4n) is 1.40. The number of benzene rings is 1. The van der Waals surface area contributed by atoms with Gasteiger partial charge in [0.2, 0.25) is 0 Å². The van der Waals surface area contributed by atoms with E-state index in [1.807, 2.05) is 0 Å². The summed E-state index contributed by atoms with van der Waals surface area (Å²) in [6, 6.07) is 3.28. The molecule has 0 spiro atoms. The van der Waals surface area contributed by atoms with Crippen LogP contribution in [-0.2, 0) is 9.53 Å². The average molecular weight is 366 g/mol. The van der Waals surface area contributed by atoms with E-state index in [0.29, 0.717) is 10.7 Å². The minimum absolute atomic E-state index is 0.172. The summed E-state index contributed by atoms with van der Waals surface area (Å²) in [5.74, 6) is -1.13. The standard InChI is InChI=1S/C12H14BrClN2O4/c1-20-5-4-9(11(17)18)15-12(19)16-10-6-7(13)2-3-8(10)14/h2-3,6,9H,4-5H2,1H3,(H,17,18)(H2,15,16,19). The smallest absolute Gasteiger partial charge is 0.326 e. The molecule has 0 radical (unpaired) electrons. The zero-order valence-electron chi connectivity index (χ0n) is 10.7. The first-order valence-electron chi connectivity index (χ1n) is 5.68. The zero-order chi connectivity index (χ0) is 15.1. The van der Waals surface area contributed by atoms with Crippen LogP contribution >= 0.6 is 27.5 Å². The summed E-state index contributed by atoms with van der Waals surface area (Å²) in [6.45, 7) is 0.231. The number of carboxylic acids is 1. The van der Waals surface area contributed by atoms with Gasteiger partial charge in [0.1, 0.15) is 6.04 Å². The molecular weight excluding hydrogens is 351 g/mol. The number of urea groups is 1. The fraction of sp³-hybridized carbons (Fsp3) is 0.333. The Bertz CT molecular complexity index is 498. The van der Waals surface area contributed by atoms with Crippen molar-refractivity contribution in [2.75, 3.05) is 19.0 Å². The second-order valence-electron chi connectivity index (χ2n) is 3.89. The molecule has 0 bridgehead atoms. The normalized spacial score (nSPS) is 11.8. The molecule has 110 valence electrons. The lowest BCUT2D eigenvalue weighted by Crippen LogP contribution is -2.43. The summed E-state index contributed by atoms with van der Waals surface area (Å²) in [7, 11) is 1.46. The number of aliphatic carboxylic acids is 1. The molecule has 1 aromatic rings. The largest absolute Gasteiger partial charge is 0.480 e. The Morgan fingerprint density at radius 1 is 1.50 bits per heavy atom. The average Bonchev–Trinajstić information content (AvgIpc) is 2.38. The maximum absolute atomic E-state index is 11.8. The molecule has 0 heterocycles. The van der Waals surface area contributed by atoms with E-state index in [2.05, 4.69) is 26.6 Å². The predicted molar refractivity (Wildman–Crippen MR) is 79.2 cm³/mol. The number of anilines is 1. The van der Waals surface area contributed by atoms with Gasteiger partial charge >= 0.3 is 12.0 Å². The lowest BCUT2D eigenvalue weighted by molar-refractivity contribution is -0.139. The van der Waals surface area contributed by atoms with Crippen LogP contribution in [0.2, 0.25) is 5.02 Å². The van der Waals surface area contributed by atoms with Crippen molar-refractivity contribution in [2.24, 2.45) is 0 Å². The lowest BCUT2D eigenvalue weighted by atomic mass is 10.2. The van der Waals surface area contributed by atoms with Gasteiger partial charge in [0.15, 0.2) is 0 Å². The third-order valence-corrected chi connectivity index (χ3v) is 3.21. The monoisotopic (exact) mass is 364 g/mol. The van der Waals surface area contributed by atoms with E-state index < -0.39 is 18.0 Å². The van der Waals surface area contributed by atoms with Crippen LogP contribution in [0.15, 0.2) is 22.7 Å². The first-order valence-corrected chi connectivity index (χ1v) is 6.85. The van der Waals surface area contributed by atoms with Gasteiger partial charge in [-0.05, 0) is 18.2 Å². The molecule has 0 aliphatic carbocycles. The number of amides is 2.